The maximum Gasteiger partial charge on any atom is 0.0535 e. The van der Waals surface area contributed by atoms with Crippen LogP contribution in [0, 0.1) is 0 Å². The monoisotopic (exact) mass is 1860 g/mol. The average Bonchev–Trinajstić information content (AvgIpc) is 1.13. The van der Waals surface area contributed by atoms with Gasteiger partial charge in [0.25, 0.3) is 0 Å². The summed E-state index contributed by atoms with van der Waals surface area (Å²) in [7, 11) is 0. The van der Waals surface area contributed by atoms with E-state index in [-0.39, 0.29) is 0 Å². The molecule has 0 unspecified atom stereocenters. The molecule has 0 aliphatic heterocycles. The van der Waals surface area contributed by atoms with Crippen LogP contribution in [0.2, 0.25) is 0 Å². The first kappa shape index (κ1) is 91.6. The zero-order valence-corrected chi connectivity index (χ0v) is 85.0. The van der Waals surface area contributed by atoms with E-state index in [4.69, 9.17) is 0 Å². The van der Waals surface area contributed by atoms with Crippen molar-refractivity contribution >= 4 is 168 Å². The molecule has 124 heavy (non-hydrogen) atoms. The van der Waals surface area contributed by atoms with Gasteiger partial charge in [0.15, 0.2) is 0 Å². The first-order chi connectivity index (χ1) is 61.1. The van der Waals surface area contributed by atoms with Crippen LogP contribution in [0.4, 0.5) is 0 Å². The van der Waals surface area contributed by atoms with Gasteiger partial charge in [-0.2, -0.15) is 0 Å². The molecule has 16 aromatic rings. The lowest BCUT2D eigenvalue weighted by molar-refractivity contribution is 0.670. The van der Waals surface area contributed by atoms with Crippen LogP contribution in [0.3, 0.4) is 0 Å². The van der Waals surface area contributed by atoms with E-state index in [2.05, 4.69) is 349 Å². The molecule has 12 heteroatoms. The molecule has 4 aromatic carbocycles. The van der Waals surface area contributed by atoms with Gasteiger partial charge in [0.1, 0.15) is 0 Å². The van der Waals surface area contributed by atoms with Crippen LogP contribution in [-0.4, -0.2) is 0 Å². The number of aryl methyl sites for hydroxylation is 8. The Kier molecular flexibility index (Phi) is 33.8. The number of hydrogen-bond donors (Lipinski definition) is 0. The highest BCUT2D eigenvalue weighted by atomic mass is 32.1. The fraction of sp³-hybridized carbons (Fsp3) is 0.429. The average molecular weight is 1860 g/mol. The van der Waals surface area contributed by atoms with Gasteiger partial charge in [0.2, 0.25) is 0 Å². The molecule has 650 valence electrons. The molecule has 0 bridgehead atoms. The number of thiophene rings is 12. The first-order valence-electron chi connectivity index (χ1n) is 48.2. The third-order valence-corrected chi connectivity index (χ3v) is 40.0. The lowest BCUT2D eigenvalue weighted by atomic mass is 9.85. The van der Waals surface area contributed by atoms with E-state index in [0.717, 1.165) is 51.4 Å². The number of unbranched alkanes of at least 4 members (excludes halogenated alkanes) is 24. The number of hydrogen-bond acceptors (Lipinski definition) is 12. The summed E-state index contributed by atoms with van der Waals surface area (Å²) in [5, 5.41) is 8.20. The molecule has 0 aliphatic carbocycles. The van der Waals surface area contributed by atoms with Crippen molar-refractivity contribution in [2.45, 2.75) is 312 Å². The van der Waals surface area contributed by atoms with Crippen molar-refractivity contribution in [3.8, 4) is 123 Å². The SMILES string of the molecule is CCCCCCc1ccc(-c2cc(-c3cc(-c4cc(-c5ccc(CCCCCC)s5)c(-c5ccc(CCCCCC)s5)s4)c4ccc5c(-c6cc(-c7ccc(CCCCCC)s7)c(-c7ccc(CCCCCC)s7)s6)cc(-c6cc(-c7ccc(CCCCCC)s7)c(-c7ccc(CCCCCC)s7)s6)c6ccc3c4c65)sc2-c2ccc(CCCCCC)s2)s1. The normalized spacial score (nSPS) is 12.0. The maximum absolute atomic E-state index is 2.71. The molecule has 0 aliphatic rings. The quantitative estimate of drug-likeness (QED) is 0.0263. The predicted molar refractivity (Wildman–Crippen MR) is 573 cm³/mol. The largest absolute Gasteiger partial charge is 0.140 e. The summed E-state index contributed by atoms with van der Waals surface area (Å²) in [6.07, 6.45) is 50.0. The van der Waals surface area contributed by atoms with Gasteiger partial charge in [-0.25, -0.2) is 0 Å². The molecule has 0 saturated carbocycles. The number of rotatable bonds is 52. The fourth-order valence-corrected chi connectivity index (χ4v) is 32.4. The molecule has 0 amide bonds. The Balaban J connectivity index is 0.969. The van der Waals surface area contributed by atoms with Crippen molar-refractivity contribution in [2.24, 2.45) is 0 Å². The summed E-state index contributed by atoms with van der Waals surface area (Å²) in [6, 6.07) is 66.2. The Labute approximate surface area is 791 Å². The fourth-order valence-electron chi connectivity index (χ4n) is 18.3. The molecule has 12 heterocycles. The summed E-state index contributed by atoms with van der Waals surface area (Å²) < 4.78 is 0. The van der Waals surface area contributed by atoms with Crippen molar-refractivity contribution < 1.29 is 0 Å². The summed E-state index contributed by atoms with van der Waals surface area (Å²) in [4.78, 5) is 34.5. The highest BCUT2D eigenvalue weighted by Gasteiger charge is 2.30. The van der Waals surface area contributed by atoms with Crippen molar-refractivity contribution in [1.29, 1.82) is 0 Å². The van der Waals surface area contributed by atoms with Gasteiger partial charge in [-0.05, 0) is 269 Å². The molecular weight excluding hydrogens is 1730 g/mol. The number of benzene rings is 4. The standard InChI is InChI=1S/C112H130S12/c1-9-17-25-33-41-75-49-61-95(113-75)91-71-103(121-109(91)99-65-53-79(117-99)45-37-29-21-13-5)87-69-88(104-72-92(96-62-50-76(114-96)42-34-26-18-10-2)110(122-104)100-66-54-80(118-100)46-38-30-22-14-6)84-59-60-86-90(106-74-94(98-64-52-78(116-98)44-36-28-20-12-4)112(124-106)102-68-56-82(120-102)48-40-32-24-16-8)70-89(85-58-57-83(87)107(84)108(85)86)105-73-93(97-63-51-77(115-97)43-35-27-19-11-3)111(123-105)101-67-55-81(119-101)47-39-31-23-15-7/h49-74H,9-48H2,1-8H3. The van der Waals surface area contributed by atoms with Gasteiger partial charge < -0.3 is 0 Å². The van der Waals surface area contributed by atoms with Crippen LogP contribution in [0.5, 0.6) is 0 Å². The first-order valence-corrected chi connectivity index (χ1v) is 58.0. The van der Waals surface area contributed by atoms with Gasteiger partial charge in [0, 0.05) is 142 Å². The zero-order chi connectivity index (χ0) is 85.1. The van der Waals surface area contributed by atoms with Crippen LogP contribution in [0.15, 0.2) is 158 Å². The third-order valence-electron chi connectivity index (χ3n) is 25.4. The highest BCUT2D eigenvalue weighted by Crippen LogP contribution is 2.59. The van der Waals surface area contributed by atoms with Crippen LogP contribution < -0.4 is 0 Å². The van der Waals surface area contributed by atoms with E-state index in [1.54, 1.807) is 0 Å². The van der Waals surface area contributed by atoms with Gasteiger partial charge in [-0.15, -0.1) is 136 Å². The molecule has 0 fully saturated rings. The smallest absolute Gasteiger partial charge is 0.0535 e. The van der Waals surface area contributed by atoms with Gasteiger partial charge >= 0.3 is 0 Å². The molecule has 16 rings (SSSR count). The molecular formula is C112H130S12. The van der Waals surface area contributed by atoms with Gasteiger partial charge in [0.05, 0.1) is 19.5 Å². The minimum atomic E-state index is 1.15. The van der Waals surface area contributed by atoms with E-state index in [9.17, 15) is 0 Å². The lowest BCUT2D eigenvalue weighted by Gasteiger charge is -2.20. The second kappa shape index (κ2) is 45.7. The molecule has 0 saturated heterocycles. The van der Waals surface area contributed by atoms with Crippen molar-refractivity contribution in [3.63, 3.8) is 0 Å². The van der Waals surface area contributed by atoms with Crippen molar-refractivity contribution in [1.82, 2.24) is 0 Å². The van der Waals surface area contributed by atoms with E-state index >= 15 is 0 Å². The van der Waals surface area contributed by atoms with Crippen LogP contribution in [0.25, 0.3) is 155 Å². The minimum Gasteiger partial charge on any atom is -0.140 e. The Morgan fingerprint density at radius 3 is 0.492 bits per heavy atom. The minimum absolute atomic E-state index is 1.15. The molecule has 0 N–H and O–H groups in total. The van der Waals surface area contributed by atoms with Crippen LogP contribution in [-0.2, 0) is 51.4 Å². The Morgan fingerprint density at radius 1 is 0.145 bits per heavy atom. The van der Waals surface area contributed by atoms with Crippen LogP contribution in [0.1, 0.15) is 300 Å². The van der Waals surface area contributed by atoms with E-state index < -0.39 is 0 Å². The summed E-state index contributed by atoms with van der Waals surface area (Å²) in [5.74, 6) is 0. The second-order valence-electron chi connectivity index (χ2n) is 35.0. The lowest BCUT2D eigenvalue weighted by Crippen LogP contribution is -1.92. The Bertz CT molecular complexity index is 5010. The van der Waals surface area contributed by atoms with Crippen LogP contribution >= 0.6 is 136 Å². The maximum atomic E-state index is 2.71. The van der Waals surface area contributed by atoms with E-state index in [1.807, 2.05) is 0 Å². The topological polar surface area (TPSA) is 0 Å². The summed E-state index contributed by atoms with van der Waals surface area (Å²) >= 11 is 24.7. The highest BCUT2D eigenvalue weighted by molar-refractivity contribution is 7.28. The van der Waals surface area contributed by atoms with Crippen molar-refractivity contribution in [2.75, 3.05) is 0 Å². The third kappa shape index (κ3) is 22.1. The summed E-state index contributed by atoms with van der Waals surface area (Å²) in [5.41, 5.74) is 11.0. The Hall–Kier alpha value is -5.68. The Morgan fingerprint density at radius 2 is 0.315 bits per heavy atom. The molecule has 12 aromatic heterocycles. The van der Waals surface area contributed by atoms with Gasteiger partial charge in [-0.3, -0.25) is 0 Å². The zero-order valence-electron chi connectivity index (χ0n) is 75.2. The van der Waals surface area contributed by atoms with Crippen molar-refractivity contribution in [3.05, 3.63) is 197 Å². The second-order valence-corrected chi connectivity index (χ2v) is 48.6. The predicted octanol–water partition coefficient (Wildman–Crippen LogP) is 42.3. The molecule has 0 nitrogen and oxygen atoms in total. The van der Waals surface area contributed by atoms with E-state index in [1.165, 1.54) is 399 Å². The molecule has 0 spiro atoms. The van der Waals surface area contributed by atoms with Gasteiger partial charge in [-0.1, -0.05) is 234 Å². The van der Waals surface area contributed by atoms with E-state index in [0.29, 0.717) is 0 Å². The molecule has 0 atom stereocenters. The summed E-state index contributed by atoms with van der Waals surface area (Å²) in [6.45, 7) is 18.7. The molecule has 0 radical (unpaired) electrons.